The quantitative estimate of drug-likeness (QED) is 0.722. The number of rotatable bonds is 5. The first-order valence-electron chi connectivity index (χ1n) is 4.45. The Bertz CT molecular complexity index is 293. The molecule has 0 saturated heterocycles. The number of aromatic nitrogens is 2. The van der Waals surface area contributed by atoms with Crippen LogP contribution in [0.3, 0.4) is 0 Å². The minimum Gasteiger partial charge on any atom is -0.479 e. The van der Waals surface area contributed by atoms with E-state index < -0.39 is 11.6 Å². The molecule has 1 unspecified atom stereocenters. The molecule has 0 aromatic carbocycles. The van der Waals surface area contributed by atoms with Crippen molar-refractivity contribution in [3.8, 4) is 0 Å². The molecule has 0 amide bonds. The third kappa shape index (κ3) is 2.85. The van der Waals surface area contributed by atoms with E-state index in [1.165, 1.54) is 6.92 Å². The Kier molecular flexibility index (Phi) is 3.24. The predicted octanol–water partition coefficient (Wildman–Crippen LogP) is 0.499. The van der Waals surface area contributed by atoms with E-state index >= 15 is 0 Å². The molecule has 0 aliphatic rings. The van der Waals surface area contributed by atoms with Crippen LogP contribution in [0.4, 0.5) is 0 Å². The molecule has 1 atom stereocenters. The summed E-state index contributed by atoms with van der Waals surface area (Å²) in [5.74, 6) is -1.18. The van der Waals surface area contributed by atoms with Gasteiger partial charge in [0.05, 0.1) is 0 Å². The number of nitrogens with zero attached hydrogens (tertiary/aromatic N) is 2. The van der Waals surface area contributed by atoms with Crippen LogP contribution in [-0.4, -0.2) is 31.6 Å². The lowest BCUT2D eigenvalue weighted by atomic mass is 10.0. The zero-order valence-electron chi connectivity index (χ0n) is 8.05. The minimum atomic E-state index is -1.63. The maximum Gasteiger partial charge on any atom is 0.335 e. The summed E-state index contributed by atoms with van der Waals surface area (Å²) in [6.07, 6.45) is 4.27. The summed E-state index contributed by atoms with van der Waals surface area (Å²) in [5.41, 5.74) is -1.63. The van der Waals surface area contributed by atoms with Crippen molar-refractivity contribution in [1.29, 1.82) is 0 Å². The van der Waals surface area contributed by atoms with Crippen LogP contribution >= 0.6 is 0 Å². The Morgan fingerprint density at radius 2 is 2.36 bits per heavy atom. The lowest BCUT2D eigenvalue weighted by molar-refractivity contribution is -0.157. The Morgan fingerprint density at radius 3 is 2.86 bits per heavy atom. The van der Waals surface area contributed by atoms with Gasteiger partial charge in [0.1, 0.15) is 0 Å². The van der Waals surface area contributed by atoms with Crippen molar-refractivity contribution in [2.24, 2.45) is 0 Å². The predicted molar refractivity (Wildman–Crippen MR) is 49.7 cm³/mol. The van der Waals surface area contributed by atoms with Crippen molar-refractivity contribution >= 4 is 5.97 Å². The van der Waals surface area contributed by atoms with E-state index in [0.717, 1.165) is 0 Å². The van der Waals surface area contributed by atoms with Crippen molar-refractivity contribution in [2.75, 3.05) is 0 Å². The summed E-state index contributed by atoms with van der Waals surface area (Å²) >= 11 is 0. The van der Waals surface area contributed by atoms with Gasteiger partial charge in [-0.3, -0.25) is 4.68 Å². The van der Waals surface area contributed by atoms with Gasteiger partial charge in [-0.1, -0.05) is 0 Å². The molecule has 1 aromatic rings. The standard InChI is InChI=1S/C9H14N2O3/c1-9(14,8(12)13)4-2-6-11-7-3-5-10-11/h3,5,7,14H,2,4,6H2,1H3,(H,12,13). The van der Waals surface area contributed by atoms with Gasteiger partial charge in [0.2, 0.25) is 0 Å². The maximum atomic E-state index is 10.5. The second-order valence-electron chi connectivity index (χ2n) is 3.45. The van der Waals surface area contributed by atoms with Crippen molar-refractivity contribution in [3.63, 3.8) is 0 Å². The van der Waals surface area contributed by atoms with Crippen LogP contribution in [0.5, 0.6) is 0 Å². The van der Waals surface area contributed by atoms with Crippen molar-refractivity contribution in [2.45, 2.75) is 31.9 Å². The monoisotopic (exact) mass is 198 g/mol. The van der Waals surface area contributed by atoms with Crippen LogP contribution in [0, 0.1) is 0 Å². The molecule has 1 rings (SSSR count). The van der Waals surface area contributed by atoms with E-state index in [-0.39, 0.29) is 6.42 Å². The fourth-order valence-corrected chi connectivity index (χ4v) is 1.12. The van der Waals surface area contributed by atoms with E-state index in [1.807, 2.05) is 0 Å². The largest absolute Gasteiger partial charge is 0.479 e. The number of hydrogen-bond donors (Lipinski definition) is 2. The molecule has 14 heavy (non-hydrogen) atoms. The van der Waals surface area contributed by atoms with Gasteiger partial charge in [0.15, 0.2) is 5.60 Å². The van der Waals surface area contributed by atoms with Crippen LogP contribution in [0.15, 0.2) is 18.5 Å². The number of aliphatic hydroxyl groups is 1. The molecule has 1 aromatic heterocycles. The molecule has 0 aliphatic heterocycles. The summed E-state index contributed by atoms with van der Waals surface area (Å²) in [4.78, 5) is 10.5. The van der Waals surface area contributed by atoms with Gasteiger partial charge in [-0.15, -0.1) is 0 Å². The Labute approximate surface area is 82.0 Å². The normalized spacial score (nSPS) is 15.0. The van der Waals surface area contributed by atoms with Gasteiger partial charge in [-0.25, -0.2) is 4.79 Å². The van der Waals surface area contributed by atoms with Crippen LogP contribution in [0.25, 0.3) is 0 Å². The summed E-state index contributed by atoms with van der Waals surface area (Å²) in [6, 6.07) is 1.80. The molecule has 0 fully saturated rings. The average Bonchev–Trinajstić information content (AvgIpc) is 2.56. The SMILES string of the molecule is CC(O)(CCCn1cccn1)C(=O)O. The molecule has 5 nitrogen and oxygen atoms in total. The molecule has 1 heterocycles. The van der Waals surface area contributed by atoms with Gasteiger partial charge in [-0.05, 0) is 25.8 Å². The fraction of sp³-hybridized carbons (Fsp3) is 0.556. The molecule has 0 radical (unpaired) electrons. The van der Waals surface area contributed by atoms with Gasteiger partial charge in [0, 0.05) is 18.9 Å². The molecule has 0 bridgehead atoms. The molecule has 78 valence electrons. The molecule has 0 spiro atoms. The van der Waals surface area contributed by atoms with Gasteiger partial charge < -0.3 is 10.2 Å². The molecular formula is C9H14N2O3. The highest BCUT2D eigenvalue weighted by atomic mass is 16.4. The zero-order valence-corrected chi connectivity index (χ0v) is 8.05. The molecular weight excluding hydrogens is 184 g/mol. The molecule has 5 heteroatoms. The topological polar surface area (TPSA) is 75.3 Å². The highest BCUT2D eigenvalue weighted by Crippen LogP contribution is 2.12. The van der Waals surface area contributed by atoms with Gasteiger partial charge in [-0.2, -0.15) is 5.10 Å². The van der Waals surface area contributed by atoms with Crippen LogP contribution in [-0.2, 0) is 11.3 Å². The smallest absolute Gasteiger partial charge is 0.335 e. The molecule has 2 N–H and O–H groups in total. The Morgan fingerprint density at radius 1 is 1.64 bits per heavy atom. The van der Waals surface area contributed by atoms with Gasteiger partial charge in [0.25, 0.3) is 0 Å². The summed E-state index contributed by atoms with van der Waals surface area (Å²) in [7, 11) is 0. The third-order valence-electron chi connectivity index (χ3n) is 2.07. The number of aliphatic carboxylic acids is 1. The first kappa shape index (κ1) is 10.7. The summed E-state index contributed by atoms with van der Waals surface area (Å²) in [6.45, 7) is 1.93. The average molecular weight is 198 g/mol. The van der Waals surface area contributed by atoms with Gasteiger partial charge >= 0.3 is 5.97 Å². The van der Waals surface area contributed by atoms with E-state index in [9.17, 15) is 9.90 Å². The van der Waals surface area contributed by atoms with Crippen LogP contribution in [0.1, 0.15) is 19.8 Å². The lowest BCUT2D eigenvalue weighted by Crippen LogP contribution is -2.34. The maximum absolute atomic E-state index is 10.5. The highest BCUT2D eigenvalue weighted by Gasteiger charge is 2.28. The Hall–Kier alpha value is -1.36. The van der Waals surface area contributed by atoms with Crippen LogP contribution < -0.4 is 0 Å². The highest BCUT2D eigenvalue weighted by molar-refractivity contribution is 5.76. The first-order valence-corrected chi connectivity index (χ1v) is 4.45. The van der Waals surface area contributed by atoms with E-state index in [4.69, 9.17) is 5.11 Å². The van der Waals surface area contributed by atoms with Crippen molar-refractivity contribution in [1.82, 2.24) is 9.78 Å². The zero-order chi connectivity index (χ0) is 10.6. The van der Waals surface area contributed by atoms with E-state index in [0.29, 0.717) is 13.0 Å². The molecule has 0 aliphatic carbocycles. The lowest BCUT2D eigenvalue weighted by Gasteiger charge is -2.17. The number of carboxylic acids is 1. The van der Waals surface area contributed by atoms with Crippen molar-refractivity contribution < 1.29 is 15.0 Å². The molecule has 0 saturated carbocycles. The summed E-state index contributed by atoms with van der Waals surface area (Å²) < 4.78 is 1.71. The minimum absolute atomic E-state index is 0.224. The second kappa shape index (κ2) is 4.23. The number of carboxylic acid groups (broad SMARTS) is 1. The van der Waals surface area contributed by atoms with Crippen molar-refractivity contribution in [3.05, 3.63) is 18.5 Å². The van der Waals surface area contributed by atoms with Crippen LogP contribution in [0.2, 0.25) is 0 Å². The number of aryl methyl sites for hydroxylation is 1. The van der Waals surface area contributed by atoms with E-state index in [2.05, 4.69) is 5.10 Å². The Balaban J connectivity index is 2.31. The van der Waals surface area contributed by atoms with E-state index in [1.54, 1.807) is 23.1 Å². The number of carbonyl (C=O) groups is 1. The first-order chi connectivity index (χ1) is 6.52. The summed E-state index contributed by atoms with van der Waals surface area (Å²) in [5, 5.41) is 22.0. The fourth-order valence-electron chi connectivity index (χ4n) is 1.12. The second-order valence-corrected chi connectivity index (χ2v) is 3.45. The third-order valence-corrected chi connectivity index (χ3v) is 2.07. The number of hydrogen-bond acceptors (Lipinski definition) is 3.